The number of nitro groups is 1. The lowest BCUT2D eigenvalue weighted by Crippen LogP contribution is -2.30. The van der Waals surface area contributed by atoms with Crippen molar-refractivity contribution in [2.75, 3.05) is 5.32 Å². The largest absolute Gasteiger partial charge is 0.481 e. The van der Waals surface area contributed by atoms with Gasteiger partial charge in [-0.2, -0.15) is 0 Å². The quantitative estimate of drug-likeness (QED) is 0.675. The number of non-ortho nitro benzene ring substituents is 1. The summed E-state index contributed by atoms with van der Waals surface area (Å²) in [5.74, 6) is 0.302. The van der Waals surface area contributed by atoms with Gasteiger partial charge in [0.1, 0.15) is 5.75 Å². The Labute approximate surface area is 134 Å². The van der Waals surface area contributed by atoms with Crippen LogP contribution in [0.15, 0.2) is 42.5 Å². The molecule has 120 valence electrons. The highest BCUT2D eigenvalue weighted by molar-refractivity contribution is 5.94. The number of aryl methyl sites for hydroxylation is 2. The molecule has 0 saturated heterocycles. The van der Waals surface area contributed by atoms with Gasteiger partial charge in [-0.15, -0.1) is 0 Å². The summed E-state index contributed by atoms with van der Waals surface area (Å²) in [6.45, 7) is 5.63. The van der Waals surface area contributed by atoms with E-state index in [1.165, 1.54) is 24.3 Å². The van der Waals surface area contributed by atoms with Crippen LogP contribution in [0.3, 0.4) is 0 Å². The highest BCUT2D eigenvalue weighted by Gasteiger charge is 2.15. The number of anilines is 1. The first-order valence-corrected chi connectivity index (χ1v) is 7.16. The number of hydrogen-bond donors (Lipinski definition) is 1. The molecule has 2 aromatic rings. The first-order valence-electron chi connectivity index (χ1n) is 7.16. The van der Waals surface area contributed by atoms with Gasteiger partial charge in [0.25, 0.3) is 11.6 Å². The Balaban J connectivity index is 1.99. The molecule has 0 aliphatic rings. The van der Waals surface area contributed by atoms with Crippen LogP contribution in [0.5, 0.6) is 5.75 Å². The molecular weight excluding hydrogens is 296 g/mol. The van der Waals surface area contributed by atoms with Crippen LogP contribution in [-0.2, 0) is 4.79 Å². The molecule has 1 unspecified atom stereocenters. The maximum Gasteiger partial charge on any atom is 0.269 e. The SMILES string of the molecule is Cc1ccc(OC(C)C(=O)Nc2ccc([N+](=O)[O-])cc2)cc1C. The first kappa shape index (κ1) is 16.5. The summed E-state index contributed by atoms with van der Waals surface area (Å²) < 4.78 is 5.63. The fourth-order valence-corrected chi connectivity index (χ4v) is 1.96. The number of nitrogens with zero attached hydrogens (tertiary/aromatic N) is 1. The molecule has 0 heterocycles. The Morgan fingerprint density at radius 3 is 2.35 bits per heavy atom. The van der Waals surface area contributed by atoms with Gasteiger partial charge < -0.3 is 10.1 Å². The predicted octanol–water partition coefficient (Wildman–Crippen LogP) is 3.62. The van der Waals surface area contributed by atoms with Crippen LogP contribution in [-0.4, -0.2) is 16.9 Å². The van der Waals surface area contributed by atoms with E-state index >= 15 is 0 Å². The lowest BCUT2D eigenvalue weighted by atomic mass is 10.1. The lowest BCUT2D eigenvalue weighted by molar-refractivity contribution is -0.384. The summed E-state index contributed by atoms with van der Waals surface area (Å²) in [5, 5.41) is 13.3. The minimum atomic E-state index is -0.688. The second-order valence-corrected chi connectivity index (χ2v) is 5.30. The zero-order valence-electron chi connectivity index (χ0n) is 13.2. The van der Waals surface area contributed by atoms with Crippen LogP contribution in [0.4, 0.5) is 11.4 Å². The molecule has 6 nitrogen and oxygen atoms in total. The lowest BCUT2D eigenvalue weighted by Gasteiger charge is -2.15. The Bertz CT molecular complexity index is 726. The van der Waals surface area contributed by atoms with Crippen molar-refractivity contribution >= 4 is 17.3 Å². The van der Waals surface area contributed by atoms with E-state index in [0.717, 1.165) is 11.1 Å². The summed E-state index contributed by atoms with van der Waals surface area (Å²) in [6, 6.07) is 11.3. The van der Waals surface area contributed by atoms with Crippen LogP contribution < -0.4 is 10.1 Å². The van der Waals surface area contributed by atoms with E-state index in [1.807, 2.05) is 32.0 Å². The van der Waals surface area contributed by atoms with Gasteiger partial charge in [0, 0.05) is 17.8 Å². The minimum Gasteiger partial charge on any atom is -0.481 e. The van der Waals surface area contributed by atoms with E-state index < -0.39 is 11.0 Å². The fourth-order valence-electron chi connectivity index (χ4n) is 1.96. The number of benzene rings is 2. The maximum atomic E-state index is 12.1. The standard InChI is InChI=1S/C17H18N2O4/c1-11-4-9-16(10-12(11)2)23-13(3)17(20)18-14-5-7-15(8-6-14)19(21)22/h4-10,13H,1-3H3,(H,18,20). The molecule has 0 bridgehead atoms. The third-order valence-corrected chi connectivity index (χ3v) is 3.51. The number of carbonyl (C=O) groups excluding carboxylic acids is 1. The van der Waals surface area contributed by atoms with E-state index in [9.17, 15) is 14.9 Å². The number of nitro benzene ring substituents is 1. The van der Waals surface area contributed by atoms with Crippen LogP contribution in [0.2, 0.25) is 0 Å². The van der Waals surface area contributed by atoms with Gasteiger partial charge in [0.15, 0.2) is 6.10 Å². The van der Waals surface area contributed by atoms with Crippen LogP contribution >= 0.6 is 0 Å². The number of hydrogen-bond acceptors (Lipinski definition) is 4. The second kappa shape index (κ2) is 6.91. The molecular formula is C17H18N2O4. The van der Waals surface area contributed by atoms with Crippen molar-refractivity contribution in [2.45, 2.75) is 26.9 Å². The summed E-state index contributed by atoms with van der Waals surface area (Å²) in [4.78, 5) is 22.2. The first-order chi connectivity index (χ1) is 10.9. The number of amides is 1. The van der Waals surface area contributed by atoms with Gasteiger partial charge in [0.2, 0.25) is 0 Å². The Kier molecular flexibility index (Phi) is 4.95. The van der Waals surface area contributed by atoms with Crippen LogP contribution in [0, 0.1) is 24.0 Å². The number of nitrogens with one attached hydrogen (secondary N) is 1. The Morgan fingerprint density at radius 2 is 1.78 bits per heavy atom. The Hall–Kier alpha value is -2.89. The van der Waals surface area contributed by atoms with Gasteiger partial charge in [-0.25, -0.2) is 0 Å². The number of rotatable bonds is 5. The zero-order valence-corrected chi connectivity index (χ0v) is 13.2. The molecule has 0 aromatic heterocycles. The van der Waals surface area contributed by atoms with E-state index in [1.54, 1.807) is 6.92 Å². The second-order valence-electron chi connectivity index (χ2n) is 5.30. The van der Waals surface area contributed by atoms with Gasteiger partial charge in [-0.3, -0.25) is 14.9 Å². The van der Waals surface area contributed by atoms with Crippen molar-refractivity contribution in [3.63, 3.8) is 0 Å². The fraction of sp³-hybridized carbons (Fsp3) is 0.235. The van der Waals surface area contributed by atoms with E-state index in [0.29, 0.717) is 11.4 Å². The van der Waals surface area contributed by atoms with Gasteiger partial charge in [0.05, 0.1) is 4.92 Å². The smallest absolute Gasteiger partial charge is 0.269 e. The van der Waals surface area contributed by atoms with E-state index in [-0.39, 0.29) is 11.6 Å². The molecule has 1 N–H and O–H groups in total. The molecule has 1 amide bonds. The zero-order chi connectivity index (χ0) is 17.0. The van der Waals surface area contributed by atoms with Crippen molar-refractivity contribution in [3.05, 3.63) is 63.7 Å². The summed E-state index contributed by atoms with van der Waals surface area (Å²) in [7, 11) is 0. The predicted molar refractivity (Wildman–Crippen MR) is 87.7 cm³/mol. The highest BCUT2D eigenvalue weighted by Crippen LogP contribution is 2.19. The van der Waals surface area contributed by atoms with Crippen molar-refractivity contribution in [1.82, 2.24) is 0 Å². The molecule has 1 atom stereocenters. The van der Waals surface area contributed by atoms with Crippen molar-refractivity contribution in [1.29, 1.82) is 0 Å². The van der Waals surface area contributed by atoms with Gasteiger partial charge in [-0.1, -0.05) is 6.07 Å². The molecule has 0 aliphatic heterocycles. The maximum absolute atomic E-state index is 12.1. The third-order valence-electron chi connectivity index (χ3n) is 3.51. The third kappa shape index (κ3) is 4.29. The summed E-state index contributed by atoms with van der Waals surface area (Å²) in [6.07, 6.45) is -0.688. The molecule has 6 heteroatoms. The summed E-state index contributed by atoms with van der Waals surface area (Å²) in [5.41, 5.74) is 2.70. The monoisotopic (exact) mass is 314 g/mol. The normalized spacial score (nSPS) is 11.6. The van der Waals surface area contributed by atoms with E-state index in [2.05, 4.69) is 5.32 Å². The Morgan fingerprint density at radius 1 is 1.13 bits per heavy atom. The number of carbonyl (C=O) groups is 1. The molecule has 0 spiro atoms. The van der Waals surface area contributed by atoms with Crippen molar-refractivity contribution < 1.29 is 14.5 Å². The molecule has 23 heavy (non-hydrogen) atoms. The molecule has 0 aliphatic carbocycles. The molecule has 2 rings (SSSR count). The summed E-state index contributed by atoms with van der Waals surface area (Å²) >= 11 is 0. The highest BCUT2D eigenvalue weighted by atomic mass is 16.6. The molecule has 0 fully saturated rings. The molecule has 0 saturated carbocycles. The van der Waals surface area contributed by atoms with Gasteiger partial charge in [-0.05, 0) is 56.2 Å². The minimum absolute atomic E-state index is 0.0255. The van der Waals surface area contributed by atoms with Crippen LogP contribution in [0.25, 0.3) is 0 Å². The average molecular weight is 314 g/mol. The molecule has 0 radical (unpaired) electrons. The topological polar surface area (TPSA) is 81.5 Å². The van der Waals surface area contributed by atoms with Crippen molar-refractivity contribution in [2.24, 2.45) is 0 Å². The van der Waals surface area contributed by atoms with E-state index in [4.69, 9.17) is 4.74 Å². The van der Waals surface area contributed by atoms with Gasteiger partial charge >= 0.3 is 0 Å². The number of ether oxygens (including phenoxy) is 1. The molecule has 2 aromatic carbocycles. The van der Waals surface area contributed by atoms with Crippen molar-refractivity contribution in [3.8, 4) is 5.75 Å². The van der Waals surface area contributed by atoms with Crippen LogP contribution in [0.1, 0.15) is 18.1 Å². The average Bonchev–Trinajstić information content (AvgIpc) is 2.51.